The Morgan fingerprint density at radius 3 is 2.56 bits per heavy atom. The molecule has 102 valence electrons. The Kier molecular flexibility index (Phi) is 9.91. The van der Waals surface area contributed by atoms with Gasteiger partial charge < -0.3 is 15.3 Å². The number of rotatable bonds is 9. The van der Waals surface area contributed by atoms with E-state index < -0.39 is 12.1 Å². The van der Waals surface area contributed by atoms with E-state index in [0.717, 1.165) is 25.3 Å². The van der Waals surface area contributed by atoms with Crippen molar-refractivity contribution in [2.24, 2.45) is 0 Å². The van der Waals surface area contributed by atoms with Gasteiger partial charge in [0.15, 0.2) is 0 Å². The predicted molar refractivity (Wildman–Crippen MR) is 71.2 cm³/mol. The second-order valence-corrected chi connectivity index (χ2v) is 4.14. The van der Waals surface area contributed by atoms with Gasteiger partial charge >= 0.3 is 5.97 Å². The van der Waals surface area contributed by atoms with Crippen LogP contribution in [0.3, 0.4) is 0 Å². The second-order valence-electron chi connectivity index (χ2n) is 4.14. The zero-order valence-corrected chi connectivity index (χ0v) is 10.7. The lowest BCUT2D eigenvalue weighted by atomic mass is 10.1. The normalized spacial score (nSPS) is 15.7. The van der Waals surface area contributed by atoms with E-state index in [1.165, 1.54) is 12.2 Å². The van der Waals surface area contributed by atoms with E-state index in [1.54, 1.807) is 13.0 Å². The van der Waals surface area contributed by atoms with Crippen molar-refractivity contribution in [3.63, 3.8) is 0 Å². The number of carboxylic acids is 1. The van der Waals surface area contributed by atoms with Gasteiger partial charge in [0.05, 0.1) is 12.2 Å². The Balaban J connectivity index is 3.66. The van der Waals surface area contributed by atoms with E-state index in [0.29, 0.717) is 6.42 Å². The van der Waals surface area contributed by atoms with Crippen molar-refractivity contribution in [1.82, 2.24) is 0 Å². The summed E-state index contributed by atoms with van der Waals surface area (Å²) in [5, 5.41) is 26.9. The zero-order chi connectivity index (χ0) is 13.8. The third-order valence-corrected chi connectivity index (χ3v) is 2.22. The predicted octanol–water partition coefficient (Wildman–Crippen LogP) is 2.04. The van der Waals surface area contributed by atoms with Crippen LogP contribution in [0.2, 0.25) is 0 Å². The van der Waals surface area contributed by atoms with Crippen LogP contribution in [0.25, 0.3) is 0 Å². The molecule has 3 N–H and O–H groups in total. The summed E-state index contributed by atoms with van der Waals surface area (Å²) in [4.78, 5) is 10.2. The average Bonchev–Trinajstić information content (AvgIpc) is 2.28. The molecule has 0 aromatic rings. The highest BCUT2D eigenvalue weighted by molar-refractivity contribution is 5.80. The Morgan fingerprint density at radius 1 is 1.22 bits per heavy atom. The second kappa shape index (κ2) is 10.7. The molecule has 0 aromatic carbocycles. The molecule has 0 radical (unpaired) electrons. The molecule has 0 saturated heterocycles. The van der Waals surface area contributed by atoms with Crippen LogP contribution in [0.4, 0.5) is 0 Å². The fourth-order valence-electron chi connectivity index (χ4n) is 1.29. The molecule has 4 nitrogen and oxygen atoms in total. The van der Waals surface area contributed by atoms with E-state index in [9.17, 15) is 9.90 Å². The lowest BCUT2D eigenvalue weighted by molar-refractivity contribution is -0.131. The number of aliphatic hydroxyl groups excluding tert-OH is 2. The summed E-state index contributed by atoms with van der Waals surface area (Å²) in [6.07, 6.45) is 11.6. The van der Waals surface area contributed by atoms with Crippen molar-refractivity contribution < 1.29 is 20.1 Å². The molecule has 0 unspecified atom stereocenters. The van der Waals surface area contributed by atoms with Crippen molar-refractivity contribution in [1.29, 1.82) is 0 Å². The van der Waals surface area contributed by atoms with Gasteiger partial charge in [-0.1, -0.05) is 30.4 Å². The maximum atomic E-state index is 10.2. The largest absolute Gasteiger partial charge is 0.478 e. The van der Waals surface area contributed by atoms with Gasteiger partial charge in [-0.05, 0) is 32.6 Å². The van der Waals surface area contributed by atoms with Gasteiger partial charge in [-0.3, -0.25) is 0 Å². The number of hydrogen-bond acceptors (Lipinski definition) is 3. The first-order chi connectivity index (χ1) is 8.52. The SMILES string of the molecule is C[C@H](O)CCCC=CC[C@@H](O)C=CC=CC(=O)O. The van der Waals surface area contributed by atoms with Crippen LogP contribution in [-0.4, -0.2) is 33.5 Å². The van der Waals surface area contributed by atoms with Gasteiger partial charge in [-0.2, -0.15) is 0 Å². The monoisotopic (exact) mass is 254 g/mol. The first-order valence-corrected chi connectivity index (χ1v) is 6.11. The van der Waals surface area contributed by atoms with E-state index in [-0.39, 0.29) is 6.10 Å². The summed E-state index contributed by atoms with van der Waals surface area (Å²) in [5.74, 6) is -1.01. The van der Waals surface area contributed by atoms with E-state index in [4.69, 9.17) is 10.2 Å². The van der Waals surface area contributed by atoms with Gasteiger partial charge in [0.1, 0.15) is 0 Å². The van der Waals surface area contributed by atoms with Crippen LogP contribution in [0.1, 0.15) is 32.6 Å². The molecule has 0 heterocycles. The highest BCUT2D eigenvalue weighted by Gasteiger charge is 1.95. The lowest BCUT2D eigenvalue weighted by Gasteiger charge is -2.01. The van der Waals surface area contributed by atoms with Crippen molar-refractivity contribution in [3.05, 3.63) is 36.5 Å². The summed E-state index contributed by atoms with van der Waals surface area (Å²) < 4.78 is 0. The molecule has 0 bridgehead atoms. The van der Waals surface area contributed by atoms with Crippen LogP contribution < -0.4 is 0 Å². The summed E-state index contributed by atoms with van der Waals surface area (Å²) in [7, 11) is 0. The highest BCUT2D eigenvalue weighted by Crippen LogP contribution is 2.02. The highest BCUT2D eigenvalue weighted by atomic mass is 16.4. The first kappa shape index (κ1) is 16.6. The Hall–Kier alpha value is -1.39. The van der Waals surface area contributed by atoms with Crippen LogP contribution in [0, 0.1) is 0 Å². The minimum atomic E-state index is -1.01. The van der Waals surface area contributed by atoms with Crippen LogP contribution in [-0.2, 0) is 4.79 Å². The number of aliphatic hydroxyl groups is 2. The standard InChI is InChI=1S/C14H22O4/c1-12(15)8-4-2-3-5-9-13(16)10-6-7-11-14(17)18/h3,5-7,10-13,15-16H,2,4,8-9H2,1H3,(H,17,18)/t12-,13+/m0/s1. The zero-order valence-electron chi connectivity index (χ0n) is 10.7. The summed E-state index contributed by atoms with van der Waals surface area (Å²) >= 11 is 0. The maximum absolute atomic E-state index is 10.2. The van der Waals surface area contributed by atoms with E-state index in [2.05, 4.69) is 0 Å². The molecule has 0 aromatic heterocycles. The Morgan fingerprint density at radius 2 is 1.94 bits per heavy atom. The first-order valence-electron chi connectivity index (χ1n) is 6.11. The fraction of sp³-hybridized carbons (Fsp3) is 0.500. The van der Waals surface area contributed by atoms with Gasteiger partial charge in [0.25, 0.3) is 0 Å². The fourth-order valence-corrected chi connectivity index (χ4v) is 1.29. The third-order valence-electron chi connectivity index (χ3n) is 2.22. The smallest absolute Gasteiger partial charge is 0.328 e. The molecule has 0 aliphatic rings. The van der Waals surface area contributed by atoms with Crippen LogP contribution in [0.15, 0.2) is 36.5 Å². The molecule has 0 aliphatic heterocycles. The van der Waals surface area contributed by atoms with Crippen LogP contribution in [0.5, 0.6) is 0 Å². The molecule has 0 saturated carbocycles. The van der Waals surface area contributed by atoms with Gasteiger partial charge in [-0.25, -0.2) is 4.79 Å². The number of carbonyl (C=O) groups is 1. The Bertz CT molecular complexity index is 303. The molecule has 0 fully saturated rings. The summed E-state index contributed by atoms with van der Waals surface area (Å²) in [6, 6.07) is 0. The van der Waals surface area contributed by atoms with E-state index >= 15 is 0 Å². The minimum absolute atomic E-state index is 0.257. The summed E-state index contributed by atoms with van der Waals surface area (Å²) in [5.41, 5.74) is 0. The molecule has 18 heavy (non-hydrogen) atoms. The van der Waals surface area contributed by atoms with Crippen LogP contribution >= 0.6 is 0 Å². The molecule has 0 rings (SSSR count). The Labute approximate surface area is 108 Å². The molecule has 4 heteroatoms. The topological polar surface area (TPSA) is 77.8 Å². The van der Waals surface area contributed by atoms with E-state index in [1.807, 2.05) is 12.2 Å². The molecule has 0 spiro atoms. The number of carboxylic acid groups (broad SMARTS) is 1. The number of aliphatic carboxylic acids is 1. The summed E-state index contributed by atoms with van der Waals surface area (Å²) in [6.45, 7) is 1.77. The number of allylic oxidation sites excluding steroid dienone is 3. The van der Waals surface area contributed by atoms with Crippen molar-refractivity contribution in [2.75, 3.05) is 0 Å². The number of hydrogen-bond donors (Lipinski definition) is 3. The molecule has 0 aliphatic carbocycles. The molecular formula is C14H22O4. The van der Waals surface area contributed by atoms with Crippen molar-refractivity contribution in [3.8, 4) is 0 Å². The minimum Gasteiger partial charge on any atom is -0.478 e. The third kappa shape index (κ3) is 12.7. The van der Waals surface area contributed by atoms with Crippen molar-refractivity contribution >= 4 is 5.97 Å². The molecular weight excluding hydrogens is 232 g/mol. The molecule has 2 atom stereocenters. The quantitative estimate of drug-likeness (QED) is 0.255. The lowest BCUT2D eigenvalue weighted by Crippen LogP contribution is -1.99. The number of unbranched alkanes of at least 4 members (excludes halogenated alkanes) is 1. The van der Waals surface area contributed by atoms with Gasteiger partial charge in [-0.15, -0.1) is 0 Å². The maximum Gasteiger partial charge on any atom is 0.328 e. The van der Waals surface area contributed by atoms with Crippen molar-refractivity contribution in [2.45, 2.75) is 44.8 Å². The average molecular weight is 254 g/mol. The van der Waals surface area contributed by atoms with Gasteiger partial charge in [0, 0.05) is 6.08 Å². The van der Waals surface area contributed by atoms with Gasteiger partial charge in [0.2, 0.25) is 0 Å². The molecule has 0 amide bonds.